The number of amides is 1. The number of ketones is 1. The third-order valence-electron chi connectivity index (χ3n) is 6.20. The minimum Gasteiger partial charge on any atom is -0.366 e. The summed E-state index contributed by atoms with van der Waals surface area (Å²) in [6.45, 7) is 2.70. The molecule has 0 saturated heterocycles. The van der Waals surface area contributed by atoms with Crippen molar-refractivity contribution in [3.8, 4) is 0 Å². The Labute approximate surface area is 192 Å². The SMILES string of the molecule is CCc1ccc2c3c(C(N)=O)cccc3n(Cc3cccc(C(=O)c4ccccc4)c3)c2c1. The molecule has 1 amide bonds. The first-order valence-corrected chi connectivity index (χ1v) is 11.1. The summed E-state index contributed by atoms with van der Waals surface area (Å²) >= 11 is 0. The van der Waals surface area contributed by atoms with E-state index in [1.807, 2.05) is 66.7 Å². The minimum atomic E-state index is -0.435. The van der Waals surface area contributed by atoms with E-state index in [0.717, 1.165) is 33.8 Å². The molecule has 4 nitrogen and oxygen atoms in total. The lowest BCUT2D eigenvalue weighted by atomic mass is 10.0. The number of hydrogen-bond acceptors (Lipinski definition) is 2. The molecule has 162 valence electrons. The summed E-state index contributed by atoms with van der Waals surface area (Å²) in [5.41, 5.74) is 11.8. The predicted molar refractivity (Wildman–Crippen MR) is 133 cm³/mol. The molecular weight excluding hydrogens is 408 g/mol. The predicted octanol–water partition coefficient (Wildman–Crippen LogP) is 5.74. The number of hydrogen-bond donors (Lipinski definition) is 1. The molecule has 1 heterocycles. The number of nitrogens with zero attached hydrogens (tertiary/aromatic N) is 1. The highest BCUT2D eigenvalue weighted by Crippen LogP contribution is 2.33. The summed E-state index contributed by atoms with van der Waals surface area (Å²) in [6, 6.07) is 29.1. The molecule has 0 fully saturated rings. The van der Waals surface area contributed by atoms with Crippen LogP contribution in [0, 0.1) is 0 Å². The Hall–Kier alpha value is -4.18. The summed E-state index contributed by atoms with van der Waals surface area (Å²) in [5, 5.41) is 1.88. The van der Waals surface area contributed by atoms with Crippen molar-refractivity contribution in [2.24, 2.45) is 5.73 Å². The summed E-state index contributed by atoms with van der Waals surface area (Å²) in [5.74, 6) is -0.432. The summed E-state index contributed by atoms with van der Waals surface area (Å²) < 4.78 is 2.21. The van der Waals surface area contributed by atoms with Crippen LogP contribution in [-0.2, 0) is 13.0 Å². The number of carbonyl (C=O) groups excluding carboxylic acids is 2. The number of primary amides is 1. The average Bonchev–Trinajstić information content (AvgIpc) is 3.17. The topological polar surface area (TPSA) is 65.1 Å². The molecule has 0 spiro atoms. The van der Waals surface area contributed by atoms with Crippen molar-refractivity contribution in [3.63, 3.8) is 0 Å². The molecular formula is C29H24N2O2. The van der Waals surface area contributed by atoms with Gasteiger partial charge in [-0.2, -0.15) is 0 Å². The monoisotopic (exact) mass is 432 g/mol. The largest absolute Gasteiger partial charge is 0.366 e. The Balaban J connectivity index is 1.65. The van der Waals surface area contributed by atoms with Crippen LogP contribution in [0.25, 0.3) is 21.8 Å². The van der Waals surface area contributed by atoms with Crippen molar-refractivity contribution < 1.29 is 9.59 Å². The minimum absolute atomic E-state index is 0.00366. The fourth-order valence-electron chi connectivity index (χ4n) is 4.54. The molecule has 0 radical (unpaired) electrons. The molecule has 4 heteroatoms. The van der Waals surface area contributed by atoms with E-state index in [0.29, 0.717) is 23.2 Å². The molecule has 0 bridgehead atoms. The molecule has 1 aromatic heterocycles. The van der Waals surface area contributed by atoms with Gasteiger partial charge in [-0.3, -0.25) is 9.59 Å². The molecule has 0 aliphatic rings. The number of fused-ring (bicyclic) bond motifs is 3. The van der Waals surface area contributed by atoms with Crippen LogP contribution in [0.5, 0.6) is 0 Å². The number of nitrogens with two attached hydrogens (primary N) is 1. The number of aryl methyl sites for hydroxylation is 1. The van der Waals surface area contributed by atoms with E-state index in [9.17, 15) is 9.59 Å². The highest BCUT2D eigenvalue weighted by Gasteiger charge is 2.17. The third-order valence-corrected chi connectivity index (χ3v) is 6.20. The molecule has 0 unspecified atom stereocenters. The lowest BCUT2D eigenvalue weighted by molar-refractivity contribution is 0.1000. The number of benzene rings is 4. The van der Waals surface area contributed by atoms with E-state index >= 15 is 0 Å². The zero-order chi connectivity index (χ0) is 22.9. The molecule has 5 rings (SSSR count). The number of carbonyl (C=O) groups is 2. The van der Waals surface area contributed by atoms with Gasteiger partial charge in [0.1, 0.15) is 0 Å². The van der Waals surface area contributed by atoms with Crippen LogP contribution in [0.2, 0.25) is 0 Å². The van der Waals surface area contributed by atoms with E-state index in [4.69, 9.17) is 5.73 Å². The van der Waals surface area contributed by atoms with E-state index < -0.39 is 5.91 Å². The highest BCUT2D eigenvalue weighted by molar-refractivity contribution is 6.18. The van der Waals surface area contributed by atoms with Crippen molar-refractivity contribution in [2.75, 3.05) is 0 Å². The van der Waals surface area contributed by atoms with Crippen molar-refractivity contribution in [3.05, 3.63) is 119 Å². The molecule has 0 aliphatic heterocycles. The van der Waals surface area contributed by atoms with Crippen molar-refractivity contribution in [1.29, 1.82) is 0 Å². The Morgan fingerprint density at radius 2 is 1.52 bits per heavy atom. The van der Waals surface area contributed by atoms with Crippen molar-refractivity contribution in [1.82, 2.24) is 4.57 Å². The van der Waals surface area contributed by atoms with Gasteiger partial charge in [0.05, 0.1) is 5.52 Å². The maximum Gasteiger partial charge on any atom is 0.249 e. The van der Waals surface area contributed by atoms with Gasteiger partial charge in [-0.15, -0.1) is 0 Å². The van der Waals surface area contributed by atoms with Gasteiger partial charge in [-0.25, -0.2) is 0 Å². The maximum atomic E-state index is 13.0. The van der Waals surface area contributed by atoms with Gasteiger partial charge in [0.2, 0.25) is 5.91 Å². The van der Waals surface area contributed by atoms with E-state index in [1.54, 1.807) is 6.07 Å². The van der Waals surface area contributed by atoms with E-state index in [-0.39, 0.29) is 5.78 Å². The average molecular weight is 433 g/mol. The van der Waals surface area contributed by atoms with Crippen LogP contribution < -0.4 is 5.73 Å². The van der Waals surface area contributed by atoms with Gasteiger partial charge in [0, 0.05) is 39.5 Å². The standard InChI is InChI=1S/C29H24N2O2/c1-2-19-14-15-23-26(17-19)31(25-13-7-12-24(27(23)25)29(30)33)18-20-8-6-11-22(16-20)28(32)21-9-4-3-5-10-21/h3-17H,2,18H2,1H3,(H2,30,33). The normalized spacial score (nSPS) is 11.2. The first kappa shape index (κ1) is 20.7. The van der Waals surface area contributed by atoms with Gasteiger partial charge in [-0.1, -0.05) is 73.7 Å². The Morgan fingerprint density at radius 3 is 2.27 bits per heavy atom. The highest BCUT2D eigenvalue weighted by atomic mass is 16.1. The molecule has 4 aromatic carbocycles. The second-order valence-corrected chi connectivity index (χ2v) is 8.25. The van der Waals surface area contributed by atoms with Crippen molar-refractivity contribution in [2.45, 2.75) is 19.9 Å². The first-order chi connectivity index (χ1) is 16.1. The van der Waals surface area contributed by atoms with Gasteiger partial charge in [0.25, 0.3) is 0 Å². The van der Waals surface area contributed by atoms with E-state index in [2.05, 4.69) is 29.7 Å². The molecule has 5 aromatic rings. The van der Waals surface area contributed by atoms with Crippen LogP contribution >= 0.6 is 0 Å². The Kier molecular flexibility index (Phi) is 5.27. The van der Waals surface area contributed by atoms with Gasteiger partial charge in [-0.05, 0) is 41.8 Å². The smallest absolute Gasteiger partial charge is 0.249 e. The molecule has 0 saturated carbocycles. The zero-order valence-corrected chi connectivity index (χ0v) is 18.4. The zero-order valence-electron chi connectivity index (χ0n) is 18.4. The summed E-state index contributed by atoms with van der Waals surface area (Å²) in [4.78, 5) is 25.1. The van der Waals surface area contributed by atoms with Crippen molar-refractivity contribution >= 4 is 33.5 Å². The fraction of sp³-hybridized carbons (Fsp3) is 0.103. The summed E-state index contributed by atoms with van der Waals surface area (Å²) in [6.07, 6.45) is 0.918. The number of aromatic nitrogens is 1. The molecule has 33 heavy (non-hydrogen) atoms. The van der Waals surface area contributed by atoms with Gasteiger partial charge >= 0.3 is 0 Å². The van der Waals surface area contributed by atoms with E-state index in [1.165, 1.54) is 5.56 Å². The second kappa shape index (κ2) is 8.40. The van der Waals surface area contributed by atoms with Crippen LogP contribution in [0.1, 0.15) is 44.3 Å². The lowest BCUT2D eigenvalue weighted by Gasteiger charge is -2.10. The summed E-state index contributed by atoms with van der Waals surface area (Å²) in [7, 11) is 0. The quantitative estimate of drug-likeness (QED) is 0.348. The van der Waals surface area contributed by atoms with Crippen LogP contribution in [0.4, 0.5) is 0 Å². The molecule has 0 aliphatic carbocycles. The lowest BCUT2D eigenvalue weighted by Crippen LogP contribution is -2.11. The van der Waals surface area contributed by atoms with Crippen LogP contribution in [0.3, 0.4) is 0 Å². The Morgan fingerprint density at radius 1 is 0.758 bits per heavy atom. The Bertz CT molecular complexity index is 1510. The fourth-order valence-corrected chi connectivity index (χ4v) is 4.54. The van der Waals surface area contributed by atoms with Gasteiger partial charge in [0.15, 0.2) is 5.78 Å². The van der Waals surface area contributed by atoms with Crippen LogP contribution in [0.15, 0.2) is 91.0 Å². The van der Waals surface area contributed by atoms with Gasteiger partial charge < -0.3 is 10.3 Å². The third kappa shape index (κ3) is 3.70. The molecule has 2 N–H and O–H groups in total. The second-order valence-electron chi connectivity index (χ2n) is 8.25. The first-order valence-electron chi connectivity index (χ1n) is 11.1. The molecule has 0 atom stereocenters. The number of rotatable bonds is 6. The maximum absolute atomic E-state index is 13.0. The van der Waals surface area contributed by atoms with Crippen LogP contribution in [-0.4, -0.2) is 16.3 Å².